The fourth-order valence-corrected chi connectivity index (χ4v) is 16.3. The zero-order valence-electron chi connectivity index (χ0n) is 60.6. The normalized spacial score (nSPS) is 11.6. The highest BCUT2D eigenvalue weighted by Crippen LogP contribution is 2.41. The fourth-order valence-electron chi connectivity index (χ4n) is 16.3. The summed E-state index contributed by atoms with van der Waals surface area (Å²) in [7, 11) is 0. The number of aromatic nitrogens is 10. The van der Waals surface area contributed by atoms with Gasteiger partial charge in [-0.2, -0.15) is 0 Å². The van der Waals surface area contributed by atoms with E-state index in [1.165, 1.54) is 65.2 Å². The lowest BCUT2D eigenvalue weighted by Crippen LogP contribution is -1.98. The molecule has 8 aromatic heterocycles. The van der Waals surface area contributed by atoms with E-state index in [9.17, 15) is 0 Å². The molecule has 0 atom stereocenters. The zero-order valence-corrected chi connectivity index (χ0v) is 60.6. The molecule has 14 aromatic carbocycles. The second-order valence-corrected chi connectivity index (χ2v) is 28.2. The maximum absolute atomic E-state index is 5.01. The molecule has 0 aliphatic heterocycles. The molecule has 0 fully saturated rings. The van der Waals surface area contributed by atoms with Gasteiger partial charge in [-0.1, -0.05) is 255 Å². The van der Waals surface area contributed by atoms with Crippen LogP contribution in [0.3, 0.4) is 0 Å². The monoisotopic (exact) mass is 1430 g/mol. The number of nitrogens with zero attached hydrogens (tertiary/aromatic N) is 10. The van der Waals surface area contributed by atoms with Crippen LogP contribution < -0.4 is 0 Å². The Morgan fingerprint density at radius 3 is 0.661 bits per heavy atom. The van der Waals surface area contributed by atoms with Crippen molar-refractivity contribution in [3.05, 3.63) is 401 Å². The van der Waals surface area contributed by atoms with E-state index in [-0.39, 0.29) is 0 Å². The van der Waals surface area contributed by atoms with Crippen molar-refractivity contribution < 1.29 is 0 Å². The Morgan fingerprint density at radius 1 is 0.152 bits per heavy atom. The van der Waals surface area contributed by atoms with E-state index in [1.54, 1.807) is 0 Å². The molecule has 524 valence electrons. The van der Waals surface area contributed by atoms with Crippen LogP contribution in [0.4, 0.5) is 0 Å². The van der Waals surface area contributed by atoms with Crippen LogP contribution in [0, 0.1) is 0 Å². The molecule has 8 heterocycles. The van der Waals surface area contributed by atoms with Crippen molar-refractivity contribution in [1.82, 2.24) is 48.2 Å². The summed E-state index contributed by atoms with van der Waals surface area (Å²) >= 11 is 0. The molecule has 0 bridgehead atoms. The second-order valence-electron chi connectivity index (χ2n) is 28.2. The van der Waals surface area contributed by atoms with E-state index in [1.807, 2.05) is 85.2 Å². The molecule has 0 saturated heterocycles. The van der Waals surface area contributed by atoms with Crippen LogP contribution in [0.25, 0.3) is 200 Å². The summed E-state index contributed by atoms with van der Waals surface area (Å²) in [4.78, 5) is 30.0. The van der Waals surface area contributed by atoms with Crippen LogP contribution in [0.2, 0.25) is 0 Å². The van der Waals surface area contributed by atoms with E-state index < -0.39 is 0 Å². The van der Waals surface area contributed by atoms with E-state index in [2.05, 4.69) is 334 Å². The van der Waals surface area contributed by atoms with E-state index in [0.29, 0.717) is 11.6 Å². The Balaban J connectivity index is 0.000000141. The third kappa shape index (κ3) is 11.5. The Morgan fingerprint density at radius 2 is 0.393 bits per heavy atom. The van der Waals surface area contributed by atoms with Crippen LogP contribution in [0.5, 0.6) is 0 Å². The highest BCUT2D eigenvalue weighted by molar-refractivity contribution is 6.13. The quantitative estimate of drug-likeness (QED) is 0.121. The maximum Gasteiger partial charge on any atom is 0.161 e. The van der Waals surface area contributed by atoms with Crippen LogP contribution in [0.1, 0.15) is 0 Å². The summed E-state index contributed by atoms with van der Waals surface area (Å²) in [6.45, 7) is 0. The van der Waals surface area contributed by atoms with Gasteiger partial charge in [-0.15, -0.1) is 0 Å². The van der Waals surface area contributed by atoms with Crippen molar-refractivity contribution in [2.75, 3.05) is 0 Å². The number of fused-ring (bicyclic) bond motifs is 12. The van der Waals surface area contributed by atoms with Gasteiger partial charge in [0.15, 0.2) is 11.6 Å². The maximum atomic E-state index is 5.01. The molecule has 0 radical (unpaired) electrons. The number of hydrogen-bond acceptors (Lipinski definition) is 6. The predicted molar refractivity (Wildman–Crippen MR) is 460 cm³/mol. The third-order valence-corrected chi connectivity index (χ3v) is 21.6. The Bertz CT molecular complexity index is 6680. The molecule has 10 nitrogen and oxygen atoms in total. The molecule has 0 N–H and O–H groups in total. The van der Waals surface area contributed by atoms with E-state index in [4.69, 9.17) is 29.9 Å². The van der Waals surface area contributed by atoms with Gasteiger partial charge in [-0.3, -0.25) is 9.97 Å². The summed E-state index contributed by atoms with van der Waals surface area (Å²) < 4.78 is 9.51. The summed E-state index contributed by atoms with van der Waals surface area (Å²) in [5, 5.41) is 9.77. The highest BCUT2D eigenvalue weighted by Gasteiger charge is 2.21. The number of para-hydroxylation sites is 6. The topological polar surface area (TPSA) is 97.1 Å². The summed E-state index contributed by atoms with van der Waals surface area (Å²) in [5.41, 5.74) is 27.2. The first-order valence-corrected chi connectivity index (χ1v) is 37.7. The van der Waals surface area contributed by atoms with Crippen LogP contribution in [-0.4, -0.2) is 48.2 Å². The minimum Gasteiger partial charge on any atom is -0.309 e. The number of benzene rings is 14. The molecule has 0 unspecified atom stereocenters. The Labute approximate surface area is 645 Å². The van der Waals surface area contributed by atoms with E-state index in [0.717, 1.165) is 123 Å². The SMILES string of the molecule is c1ccc(-c2cc(-c3ccccc3)nc(-c3ccc(-c4ccc5c(c4)c4ccccc4n5-c4cccc(-n5c6ccccc6c6ccccc65)c4)nc3)n2)cc1.c1ccc(-c2cc(-c3ccccc3)nc(-c3ccc(-c4ccc5c(c4)c4ccccc4n5-c4cccc(-n5c6ccccc6c6ccccc65)c4)nc3)n2)cc1. The van der Waals surface area contributed by atoms with Gasteiger partial charge in [0.2, 0.25) is 0 Å². The zero-order chi connectivity index (χ0) is 74.0. The number of rotatable bonds is 12. The standard InChI is InChI=1S/2C51H33N5/c2*1-3-14-34(15-4-1)45-32-46(35-16-5-2-6-17-35)54-51(53-45)37-26-28-44(52-33-37)36-27-29-50-43(30-36)42-22-9-12-25-49(42)56(50)39-19-13-18-38(31-39)55-47-23-10-7-20-40(47)41-21-8-11-24-48(41)55/h2*1-33H. The first-order valence-electron chi connectivity index (χ1n) is 37.7. The van der Waals surface area contributed by atoms with Gasteiger partial charge in [-0.25, -0.2) is 19.9 Å². The van der Waals surface area contributed by atoms with Gasteiger partial charge in [0.1, 0.15) is 0 Å². The lowest BCUT2D eigenvalue weighted by Gasteiger charge is -2.13. The second kappa shape index (κ2) is 27.5. The van der Waals surface area contributed by atoms with Gasteiger partial charge >= 0.3 is 0 Å². The molecular weight excluding hydrogens is 1370 g/mol. The average Bonchev–Trinajstić information content (AvgIpc) is 1.59. The lowest BCUT2D eigenvalue weighted by atomic mass is 10.1. The molecule has 0 aliphatic carbocycles. The van der Waals surface area contributed by atoms with Crippen molar-refractivity contribution in [3.63, 3.8) is 0 Å². The molecule has 112 heavy (non-hydrogen) atoms. The molecule has 0 spiro atoms. The van der Waals surface area contributed by atoms with Crippen molar-refractivity contribution in [3.8, 4) is 113 Å². The first-order chi connectivity index (χ1) is 55.5. The molecule has 0 aliphatic rings. The molecular formula is C102H66N10. The molecule has 10 heteroatoms. The molecule has 0 amide bonds. The van der Waals surface area contributed by atoms with Crippen LogP contribution >= 0.6 is 0 Å². The van der Waals surface area contributed by atoms with E-state index >= 15 is 0 Å². The number of pyridine rings is 2. The van der Waals surface area contributed by atoms with Crippen molar-refractivity contribution >= 4 is 87.2 Å². The predicted octanol–water partition coefficient (Wildman–Crippen LogP) is 25.5. The summed E-state index contributed by atoms with van der Waals surface area (Å²) in [6.07, 6.45) is 3.78. The minimum absolute atomic E-state index is 0.644. The molecule has 0 saturated carbocycles. The van der Waals surface area contributed by atoms with Gasteiger partial charge < -0.3 is 18.3 Å². The van der Waals surface area contributed by atoms with Crippen LogP contribution in [-0.2, 0) is 0 Å². The number of hydrogen-bond donors (Lipinski definition) is 0. The summed E-state index contributed by atoms with van der Waals surface area (Å²) in [6, 6.07) is 136. The third-order valence-electron chi connectivity index (χ3n) is 21.6. The molecule has 22 rings (SSSR count). The lowest BCUT2D eigenvalue weighted by molar-refractivity contribution is 1.13. The van der Waals surface area contributed by atoms with Crippen molar-refractivity contribution in [2.24, 2.45) is 0 Å². The van der Waals surface area contributed by atoms with Crippen molar-refractivity contribution in [2.45, 2.75) is 0 Å². The van der Waals surface area contributed by atoms with Crippen LogP contribution in [0.15, 0.2) is 401 Å². The fraction of sp³-hybridized carbons (Fsp3) is 0. The van der Waals surface area contributed by atoms with Crippen molar-refractivity contribution in [1.29, 1.82) is 0 Å². The Kier molecular flexibility index (Phi) is 16.0. The average molecular weight is 1430 g/mol. The van der Waals surface area contributed by atoms with Gasteiger partial charge in [0.25, 0.3) is 0 Å². The van der Waals surface area contributed by atoms with Gasteiger partial charge in [-0.05, 0) is 133 Å². The summed E-state index contributed by atoms with van der Waals surface area (Å²) in [5.74, 6) is 1.29. The highest BCUT2D eigenvalue weighted by atomic mass is 15.0. The van der Waals surface area contributed by atoms with Gasteiger partial charge in [0, 0.05) is 123 Å². The largest absolute Gasteiger partial charge is 0.309 e. The minimum atomic E-state index is 0.644. The first kappa shape index (κ1) is 65.1. The smallest absolute Gasteiger partial charge is 0.161 e. The van der Waals surface area contributed by atoms with Gasteiger partial charge in [0.05, 0.1) is 78.3 Å². The Hall–Kier alpha value is -15.3. The molecule has 22 aromatic rings.